The van der Waals surface area contributed by atoms with Crippen LogP contribution in [0.4, 0.5) is 5.69 Å². The minimum absolute atomic E-state index is 0.142. The highest BCUT2D eigenvalue weighted by Crippen LogP contribution is 2.31. The molecule has 1 aromatic rings. The molecule has 16 heavy (non-hydrogen) atoms. The van der Waals surface area contributed by atoms with E-state index in [0.717, 1.165) is 30.6 Å². The minimum atomic E-state index is 0.142. The van der Waals surface area contributed by atoms with Gasteiger partial charge in [-0.25, -0.2) is 0 Å². The molecule has 1 atom stereocenters. The normalized spacial score (nSPS) is 15.8. The first-order valence-corrected chi connectivity index (χ1v) is 5.64. The molecule has 0 aromatic heterocycles. The molecule has 0 fully saturated rings. The first-order valence-electron chi connectivity index (χ1n) is 5.64. The van der Waals surface area contributed by atoms with Crippen LogP contribution in [0.15, 0.2) is 12.1 Å². The summed E-state index contributed by atoms with van der Waals surface area (Å²) in [6, 6.07) is 6.60. The van der Waals surface area contributed by atoms with Crippen LogP contribution in [0.1, 0.15) is 23.6 Å². The van der Waals surface area contributed by atoms with Gasteiger partial charge in [-0.15, -0.1) is 0 Å². The number of rotatable bonds is 2. The van der Waals surface area contributed by atoms with E-state index in [2.05, 4.69) is 17.0 Å². The molecule has 3 heteroatoms. The number of hydrogen-bond donors (Lipinski definition) is 1. The molecule has 1 heterocycles. The van der Waals surface area contributed by atoms with E-state index in [4.69, 9.17) is 5.73 Å². The molecule has 0 saturated heterocycles. The van der Waals surface area contributed by atoms with Crippen molar-refractivity contribution < 1.29 is 0 Å². The maximum absolute atomic E-state index is 9.17. The minimum Gasteiger partial charge on any atom is -0.373 e. The summed E-state index contributed by atoms with van der Waals surface area (Å²) in [5.41, 5.74) is 10.2. The molecule has 2 N–H and O–H groups in total. The van der Waals surface area contributed by atoms with Gasteiger partial charge >= 0.3 is 0 Å². The van der Waals surface area contributed by atoms with Crippen LogP contribution in [0.3, 0.4) is 0 Å². The first-order chi connectivity index (χ1) is 7.61. The highest BCUT2D eigenvalue weighted by molar-refractivity contribution is 5.68. The quantitative estimate of drug-likeness (QED) is 0.812. The monoisotopic (exact) mass is 215 g/mol. The summed E-state index contributed by atoms with van der Waals surface area (Å²) in [7, 11) is 2.04. The summed E-state index contributed by atoms with van der Waals surface area (Å²) >= 11 is 0. The Hall–Kier alpha value is -1.53. The Kier molecular flexibility index (Phi) is 2.84. The summed E-state index contributed by atoms with van der Waals surface area (Å²) in [5.74, 6) is 0. The van der Waals surface area contributed by atoms with Gasteiger partial charge < -0.3 is 10.6 Å². The number of likely N-dealkylation sites (N-methyl/N-ethyl adjacent to an activating group) is 1. The predicted molar refractivity (Wildman–Crippen MR) is 65.5 cm³/mol. The summed E-state index contributed by atoms with van der Waals surface area (Å²) in [4.78, 5) is 2.16. The van der Waals surface area contributed by atoms with E-state index >= 15 is 0 Å². The van der Waals surface area contributed by atoms with Crippen molar-refractivity contribution >= 4 is 5.69 Å². The fourth-order valence-electron chi connectivity index (χ4n) is 2.38. The fraction of sp³-hybridized carbons (Fsp3) is 0.462. The molecular formula is C13H17N3. The molecule has 1 aliphatic heterocycles. The third-order valence-electron chi connectivity index (χ3n) is 3.03. The van der Waals surface area contributed by atoms with Crippen molar-refractivity contribution in [1.29, 1.82) is 5.26 Å². The van der Waals surface area contributed by atoms with E-state index in [0.29, 0.717) is 0 Å². The highest BCUT2D eigenvalue weighted by atomic mass is 15.1. The second-order valence-corrected chi connectivity index (χ2v) is 4.62. The van der Waals surface area contributed by atoms with Crippen LogP contribution in [-0.4, -0.2) is 19.6 Å². The molecule has 0 bridgehead atoms. The SMILES string of the molecule is C[C@H](N)Cc1cc(C#N)c2c(c1)CCN2C. The molecule has 2 rings (SSSR count). The molecule has 1 aliphatic rings. The number of benzene rings is 1. The molecule has 3 nitrogen and oxygen atoms in total. The van der Waals surface area contributed by atoms with Crippen LogP contribution in [0.5, 0.6) is 0 Å². The summed E-state index contributed by atoms with van der Waals surface area (Å²) < 4.78 is 0. The number of nitrogens with two attached hydrogens (primary N) is 1. The van der Waals surface area contributed by atoms with Gasteiger partial charge in [-0.2, -0.15) is 5.26 Å². The molecule has 84 valence electrons. The smallest absolute Gasteiger partial charge is 0.101 e. The predicted octanol–water partition coefficient (Wildman–Crippen LogP) is 1.44. The van der Waals surface area contributed by atoms with Crippen LogP contribution >= 0.6 is 0 Å². The van der Waals surface area contributed by atoms with Gasteiger partial charge in [0, 0.05) is 19.6 Å². The molecular weight excluding hydrogens is 198 g/mol. The average Bonchev–Trinajstić information content (AvgIpc) is 2.58. The van der Waals surface area contributed by atoms with Crippen LogP contribution in [-0.2, 0) is 12.8 Å². The van der Waals surface area contributed by atoms with E-state index in [9.17, 15) is 5.26 Å². The van der Waals surface area contributed by atoms with Gasteiger partial charge in [0.2, 0.25) is 0 Å². The maximum Gasteiger partial charge on any atom is 0.101 e. The topological polar surface area (TPSA) is 53.1 Å². The van der Waals surface area contributed by atoms with E-state index in [1.165, 1.54) is 11.1 Å². The number of nitriles is 1. The van der Waals surface area contributed by atoms with Crippen LogP contribution in [0.25, 0.3) is 0 Å². The zero-order valence-corrected chi connectivity index (χ0v) is 9.83. The largest absolute Gasteiger partial charge is 0.373 e. The summed E-state index contributed by atoms with van der Waals surface area (Å²) in [5, 5.41) is 9.17. The van der Waals surface area contributed by atoms with Gasteiger partial charge in [0.05, 0.1) is 11.3 Å². The molecule has 0 unspecified atom stereocenters. The van der Waals surface area contributed by atoms with Gasteiger partial charge in [0.1, 0.15) is 6.07 Å². The van der Waals surface area contributed by atoms with E-state index in [1.807, 2.05) is 20.0 Å². The highest BCUT2D eigenvalue weighted by Gasteiger charge is 2.20. The lowest BCUT2D eigenvalue weighted by Gasteiger charge is -2.15. The number of anilines is 1. The second-order valence-electron chi connectivity index (χ2n) is 4.62. The third-order valence-corrected chi connectivity index (χ3v) is 3.03. The van der Waals surface area contributed by atoms with Crippen LogP contribution in [0.2, 0.25) is 0 Å². The Balaban J connectivity index is 2.44. The molecule has 0 saturated carbocycles. The molecule has 0 aliphatic carbocycles. The summed E-state index contributed by atoms with van der Waals surface area (Å²) in [6.45, 7) is 3.00. The Bertz CT molecular complexity index is 443. The van der Waals surface area contributed by atoms with Crippen molar-refractivity contribution in [3.63, 3.8) is 0 Å². The first kappa shape index (κ1) is 11.0. The zero-order chi connectivity index (χ0) is 11.7. The van der Waals surface area contributed by atoms with Crippen molar-refractivity contribution in [3.05, 3.63) is 28.8 Å². The average molecular weight is 215 g/mol. The van der Waals surface area contributed by atoms with Crippen molar-refractivity contribution in [3.8, 4) is 6.07 Å². The lowest BCUT2D eigenvalue weighted by molar-refractivity contribution is 0.737. The maximum atomic E-state index is 9.17. The Morgan fingerprint density at radius 2 is 2.31 bits per heavy atom. The van der Waals surface area contributed by atoms with Crippen molar-refractivity contribution in [2.75, 3.05) is 18.5 Å². The lowest BCUT2D eigenvalue weighted by atomic mass is 9.99. The Labute approximate surface area is 96.5 Å². The molecule has 0 spiro atoms. The molecule has 0 radical (unpaired) electrons. The van der Waals surface area contributed by atoms with Crippen molar-refractivity contribution in [2.45, 2.75) is 25.8 Å². The van der Waals surface area contributed by atoms with Crippen molar-refractivity contribution in [2.24, 2.45) is 5.73 Å². The third kappa shape index (κ3) is 1.89. The van der Waals surface area contributed by atoms with Gasteiger partial charge in [0.15, 0.2) is 0 Å². The van der Waals surface area contributed by atoms with Gasteiger partial charge in [0.25, 0.3) is 0 Å². The summed E-state index contributed by atoms with van der Waals surface area (Å²) in [6.07, 6.45) is 1.87. The molecule has 0 amide bonds. The van der Waals surface area contributed by atoms with E-state index < -0.39 is 0 Å². The Morgan fingerprint density at radius 3 is 2.94 bits per heavy atom. The Morgan fingerprint density at radius 1 is 1.56 bits per heavy atom. The lowest BCUT2D eigenvalue weighted by Crippen LogP contribution is -2.18. The van der Waals surface area contributed by atoms with Crippen LogP contribution < -0.4 is 10.6 Å². The van der Waals surface area contributed by atoms with Gasteiger partial charge in [-0.3, -0.25) is 0 Å². The number of fused-ring (bicyclic) bond motifs is 1. The zero-order valence-electron chi connectivity index (χ0n) is 9.83. The van der Waals surface area contributed by atoms with E-state index in [-0.39, 0.29) is 6.04 Å². The number of nitrogens with zero attached hydrogens (tertiary/aromatic N) is 2. The van der Waals surface area contributed by atoms with E-state index in [1.54, 1.807) is 0 Å². The standard InChI is InChI=1S/C13H17N3/c1-9(15)5-10-6-11-3-4-16(2)13(11)12(7-10)8-14/h6-7,9H,3-5,15H2,1-2H3/t9-/m0/s1. The van der Waals surface area contributed by atoms with Gasteiger partial charge in [-0.1, -0.05) is 6.07 Å². The number of hydrogen-bond acceptors (Lipinski definition) is 3. The van der Waals surface area contributed by atoms with Crippen molar-refractivity contribution in [1.82, 2.24) is 0 Å². The second kappa shape index (κ2) is 4.15. The fourth-order valence-corrected chi connectivity index (χ4v) is 2.38. The van der Waals surface area contributed by atoms with Crippen LogP contribution in [0, 0.1) is 11.3 Å². The molecule has 1 aromatic carbocycles. The van der Waals surface area contributed by atoms with Gasteiger partial charge in [-0.05, 0) is 37.0 Å².